The molecule has 10 heteroatoms. The van der Waals surface area contributed by atoms with Crippen molar-refractivity contribution in [3.05, 3.63) is 51.6 Å². The Morgan fingerprint density at radius 3 is 2.53 bits per heavy atom. The summed E-state index contributed by atoms with van der Waals surface area (Å²) in [6, 6.07) is 9.69. The maximum atomic E-state index is 12.5. The van der Waals surface area contributed by atoms with Gasteiger partial charge in [-0.2, -0.15) is 0 Å². The number of rotatable bonds is 7. The number of benzene rings is 1. The van der Waals surface area contributed by atoms with E-state index in [0.29, 0.717) is 22.8 Å². The molecule has 9 nitrogen and oxygen atoms in total. The molecule has 2 N–H and O–H groups in total. The number of hydrogen-bond acceptors (Lipinski definition) is 8. The van der Waals surface area contributed by atoms with E-state index in [1.54, 1.807) is 0 Å². The number of aromatic nitrogens is 2. The van der Waals surface area contributed by atoms with E-state index in [9.17, 15) is 9.59 Å². The van der Waals surface area contributed by atoms with Gasteiger partial charge in [0.2, 0.25) is 5.95 Å². The van der Waals surface area contributed by atoms with Gasteiger partial charge in [-0.05, 0) is 48.7 Å². The highest BCUT2D eigenvalue weighted by atomic mass is 32.1. The van der Waals surface area contributed by atoms with Crippen LogP contribution in [0.4, 0.5) is 11.6 Å². The second-order valence-electron chi connectivity index (χ2n) is 8.61. The normalized spacial score (nSPS) is 17.3. The smallest absolute Gasteiger partial charge is 0.270 e. The van der Waals surface area contributed by atoms with Crippen molar-refractivity contribution in [2.24, 2.45) is 0 Å². The number of H-pyrrole nitrogens is 1. The molecule has 0 aliphatic carbocycles. The van der Waals surface area contributed by atoms with Gasteiger partial charge < -0.3 is 19.9 Å². The molecule has 1 amide bonds. The number of anilines is 2. The summed E-state index contributed by atoms with van der Waals surface area (Å²) in [4.78, 5) is 39.1. The number of aromatic amines is 1. The molecule has 0 saturated carbocycles. The van der Waals surface area contributed by atoms with E-state index >= 15 is 0 Å². The lowest BCUT2D eigenvalue weighted by molar-refractivity contribution is 0.0374. The largest absolute Gasteiger partial charge is 0.379 e. The van der Waals surface area contributed by atoms with Crippen molar-refractivity contribution in [1.29, 1.82) is 0 Å². The van der Waals surface area contributed by atoms with Crippen molar-refractivity contribution >= 4 is 39.1 Å². The summed E-state index contributed by atoms with van der Waals surface area (Å²) in [5.74, 6) is 0.605. The molecule has 180 valence electrons. The molecule has 5 rings (SSSR count). The van der Waals surface area contributed by atoms with Crippen LogP contribution in [0.25, 0.3) is 10.2 Å². The second-order valence-corrected chi connectivity index (χ2v) is 9.53. The summed E-state index contributed by atoms with van der Waals surface area (Å²) in [6.45, 7) is 8.38. The topological polar surface area (TPSA) is 93.8 Å². The molecule has 0 radical (unpaired) electrons. The molecule has 4 heterocycles. The van der Waals surface area contributed by atoms with Gasteiger partial charge in [-0.25, -0.2) is 4.98 Å². The van der Waals surface area contributed by atoms with Gasteiger partial charge in [0.25, 0.3) is 11.5 Å². The number of hydrogen-bond donors (Lipinski definition) is 2. The average molecular weight is 483 g/mol. The molecule has 0 spiro atoms. The molecule has 0 bridgehead atoms. The molecular weight excluding hydrogens is 452 g/mol. The quantitative estimate of drug-likeness (QED) is 0.496. The summed E-state index contributed by atoms with van der Waals surface area (Å²) in [7, 11) is 0. The standard InChI is InChI=1S/C24H30N6O3S/c31-22(25-7-1-8-28-13-15-33-16-14-28)18-2-4-19(5-3-18)29-9-11-30(12-10-29)24-26-20-6-17-34-21(20)23(32)27-24/h2-6,17H,1,7-16H2,(H,25,31)(H,26,27,32). The number of morpholine rings is 1. The number of carbonyl (C=O) groups is 1. The fourth-order valence-corrected chi connectivity index (χ4v) is 5.17. The highest BCUT2D eigenvalue weighted by Gasteiger charge is 2.20. The fourth-order valence-electron chi connectivity index (χ4n) is 4.44. The Kier molecular flexibility index (Phi) is 7.08. The van der Waals surface area contributed by atoms with Crippen molar-refractivity contribution in [1.82, 2.24) is 20.2 Å². The van der Waals surface area contributed by atoms with Gasteiger partial charge in [0.15, 0.2) is 0 Å². The van der Waals surface area contributed by atoms with Crippen LogP contribution in [-0.4, -0.2) is 86.3 Å². The van der Waals surface area contributed by atoms with Gasteiger partial charge in [-0.1, -0.05) is 0 Å². The van der Waals surface area contributed by atoms with E-state index in [1.165, 1.54) is 11.3 Å². The van der Waals surface area contributed by atoms with Gasteiger partial charge in [-0.3, -0.25) is 19.5 Å². The number of amides is 1. The maximum Gasteiger partial charge on any atom is 0.270 e. The summed E-state index contributed by atoms with van der Waals surface area (Å²) in [6.07, 6.45) is 0.938. The molecule has 3 aromatic rings. The molecule has 2 aliphatic rings. The number of thiophene rings is 1. The third kappa shape index (κ3) is 5.24. The van der Waals surface area contributed by atoms with Gasteiger partial charge >= 0.3 is 0 Å². The molecule has 2 aliphatic heterocycles. The number of fused-ring (bicyclic) bond motifs is 1. The zero-order chi connectivity index (χ0) is 23.3. The SMILES string of the molecule is O=C(NCCCN1CCOCC1)c1ccc(N2CCN(c3nc4ccsc4c(=O)[nH]3)CC2)cc1. The van der Waals surface area contributed by atoms with E-state index < -0.39 is 0 Å². The van der Waals surface area contributed by atoms with Crippen molar-refractivity contribution in [2.75, 3.05) is 75.4 Å². The van der Waals surface area contributed by atoms with E-state index in [1.807, 2.05) is 35.7 Å². The summed E-state index contributed by atoms with van der Waals surface area (Å²) < 4.78 is 6.03. The van der Waals surface area contributed by atoms with E-state index in [0.717, 1.165) is 76.7 Å². The zero-order valence-corrected chi connectivity index (χ0v) is 20.0. The van der Waals surface area contributed by atoms with Crippen LogP contribution in [0.5, 0.6) is 0 Å². The van der Waals surface area contributed by atoms with Crippen molar-refractivity contribution in [3.8, 4) is 0 Å². The van der Waals surface area contributed by atoms with Crippen molar-refractivity contribution in [2.45, 2.75) is 6.42 Å². The molecule has 2 saturated heterocycles. The van der Waals surface area contributed by atoms with Crippen LogP contribution in [-0.2, 0) is 4.74 Å². The average Bonchev–Trinajstić information content (AvgIpc) is 3.37. The third-order valence-corrected chi connectivity index (χ3v) is 7.32. The predicted octanol–water partition coefficient (Wildman–Crippen LogP) is 1.76. The zero-order valence-electron chi connectivity index (χ0n) is 19.2. The molecule has 2 aromatic heterocycles. The van der Waals surface area contributed by atoms with Gasteiger partial charge in [0, 0.05) is 57.1 Å². The van der Waals surface area contributed by atoms with E-state index in [2.05, 4.69) is 30.0 Å². The molecule has 0 atom stereocenters. The Morgan fingerprint density at radius 1 is 1.03 bits per heavy atom. The van der Waals surface area contributed by atoms with Crippen LogP contribution in [0.15, 0.2) is 40.5 Å². The Hall–Kier alpha value is -2.95. The Labute approximate surface area is 202 Å². The van der Waals surface area contributed by atoms with Crippen LogP contribution in [0.2, 0.25) is 0 Å². The summed E-state index contributed by atoms with van der Waals surface area (Å²) in [5, 5.41) is 4.92. The highest BCUT2D eigenvalue weighted by Crippen LogP contribution is 2.21. The van der Waals surface area contributed by atoms with Crippen LogP contribution < -0.4 is 20.7 Å². The lowest BCUT2D eigenvalue weighted by Gasteiger charge is -2.36. The molecule has 2 fully saturated rings. The fraction of sp³-hybridized carbons (Fsp3) is 0.458. The first-order valence-electron chi connectivity index (χ1n) is 11.8. The molecular formula is C24H30N6O3S. The molecule has 34 heavy (non-hydrogen) atoms. The number of ether oxygens (including phenoxy) is 1. The maximum absolute atomic E-state index is 12.5. The Balaban J connectivity index is 1.10. The highest BCUT2D eigenvalue weighted by molar-refractivity contribution is 7.17. The lowest BCUT2D eigenvalue weighted by Crippen LogP contribution is -2.47. The minimum Gasteiger partial charge on any atom is -0.379 e. The minimum atomic E-state index is -0.0765. The predicted molar refractivity (Wildman–Crippen MR) is 135 cm³/mol. The van der Waals surface area contributed by atoms with Crippen molar-refractivity contribution < 1.29 is 9.53 Å². The number of nitrogens with one attached hydrogen (secondary N) is 2. The van der Waals surface area contributed by atoms with Gasteiger partial charge in [0.05, 0.1) is 18.7 Å². The summed E-state index contributed by atoms with van der Waals surface area (Å²) >= 11 is 1.41. The first kappa shape index (κ1) is 22.8. The van der Waals surface area contributed by atoms with Gasteiger partial charge in [0.1, 0.15) is 4.70 Å². The Bertz CT molecular complexity index is 1160. The second kappa shape index (κ2) is 10.5. The lowest BCUT2D eigenvalue weighted by atomic mass is 10.1. The van der Waals surface area contributed by atoms with E-state index in [4.69, 9.17) is 4.74 Å². The first-order chi connectivity index (χ1) is 16.7. The van der Waals surface area contributed by atoms with Crippen LogP contribution in [0.3, 0.4) is 0 Å². The molecule has 0 unspecified atom stereocenters. The van der Waals surface area contributed by atoms with Crippen LogP contribution >= 0.6 is 11.3 Å². The monoisotopic (exact) mass is 482 g/mol. The number of piperazine rings is 1. The summed E-state index contributed by atoms with van der Waals surface area (Å²) in [5.41, 5.74) is 2.45. The minimum absolute atomic E-state index is 0.0304. The Morgan fingerprint density at radius 2 is 1.76 bits per heavy atom. The number of nitrogens with zero attached hydrogens (tertiary/aromatic N) is 4. The van der Waals surface area contributed by atoms with Gasteiger partial charge in [-0.15, -0.1) is 11.3 Å². The first-order valence-corrected chi connectivity index (χ1v) is 12.7. The number of carbonyl (C=O) groups excluding carboxylic acids is 1. The molecule has 1 aromatic carbocycles. The van der Waals surface area contributed by atoms with Crippen LogP contribution in [0, 0.1) is 0 Å². The van der Waals surface area contributed by atoms with Crippen molar-refractivity contribution in [3.63, 3.8) is 0 Å². The third-order valence-electron chi connectivity index (χ3n) is 6.42. The van der Waals surface area contributed by atoms with E-state index in [-0.39, 0.29) is 11.5 Å². The van der Waals surface area contributed by atoms with Crippen LogP contribution in [0.1, 0.15) is 16.8 Å².